The van der Waals surface area contributed by atoms with Crippen molar-refractivity contribution in [2.45, 2.75) is 12.1 Å². The zero-order chi connectivity index (χ0) is 18.5. The van der Waals surface area contributed by atoms with Gasteiger partial charge in [0.25, 0.3) is 5.22 Å². The number of hydrogen-bond acceptors (Lipinski definition) is 6. The third-order valence-electron chi connectivity index (χ3n) is 3.41. The highest BCUT2D eigenvalue weighted by Crippen LogP contribution is 2.28. The number of methoxy groups -OCH3 is 1. The molecule has 0 aliphatic carbocycles. The van der Waals surface area contributed by atoms with Crippen molar-refractivity contribution in [3.63, 3.8) is 0 Å². The fourth-order valence-corrected chi connectivity index (χ4v) is 2.92. The lowest BCUT2D eigenvalue weighted by Gasteiger charge is -2.12. The Balaban J connectivity index is 1.67. The molecule has 7 nitrogen and oxygen atoms in total. The predicted molar refractivity (Wildman–Crippen MR) is 101 cm³/mol. The van der Waals surface area contributed by atoms with Crippen LogP contribution >= 0.6 is 11.8 Å². The van der Waals surface area contributed by atoms with Crippen molar-refractivity contribution in [1.82, 2.24) is 4.98 Å². The van der Waals surface area contributed by atoms with E-state index in [0.29, 0.717) is 27.9 Å². The zero-order valence-corrected chi connectivity index (χ0v) is 15.1. The van der Waals surface area contributed by atoms with Gasteiger partial charge in [-0.05, 0) is 24.3 Å². The largest absolute Gasteiger partial charge is 0.497 e. The summed E-state index contributed by atoms with van der Waals surface area (Å²) in [5.74, 6) is 0.202. The summed E-state index contributed by atoms with van der Waals surface area (Å²) in [7, 11) is 1.53. The number of oxazole rings is 1. The summed E-state index contributed by atoms with van der Waals surface area (Å²) >= 11 is 1.19. The van der Waals surface area contributed by atoms with Gasteiger partial charge in [-0.3, -0.25) is 9.59 Å². The molecule has 2 N–H and O–H groups in total. The van der Waals surface area contributed by atoms with Gasteiger partial charge < -0.3 is 19.8 Å². The number of ether oxygens (including phenoxy) is 1. The van der Waals surface area contributed by atoms with Crippen LogP contribution in [0.1, 0.15) is 6.92 Å². The Labute approximate surface area is 154 Å². The molecular weight excluding hydrogens is 354 g/mol. The molecule has 3 rings (SSSR count). The third-order valence-corrected chi connectivity index (χ3v) is 4.24. The Morgan fingerprint density at radius 1 is 1.15 bits per heavy atom. The van der Waals surface area contributed by atoms with Crippen molar-refractivity contribution < 1.29 is 18.7 Å². The third kappa shape index (κ3) is 4.34. The number of fused-ring (bicyclic) bond motifs is 1. The maximum Gasteiger partial charge on any atom is 0.257 e. The average molecular weight is 371 g/mol. The van der Waals surface area contributed by atoms with Crippen LogP contribution in [-0.2, 0) is 9.59 Å². The van der Waals surface area contributed by atoms with Crippen molar-refractivity contribution in [2.75, 3.05) is 23.5 Å². The number of carbonyl (C=O) groups is 2. The maximum absolute atomic E-state index is 12.3. The molecule has 0 spiro atoms. The molecule has 0 aliphatic rings. The first-order chi connectivity index (χ1) is 12.5. The molecule has 0 atom stereocenters. The summed E-state index contributed by atoms with van der Waals surface area (Å²) < 4.78 is 10.7. The van der Waals surface area contributed by atoms with Crippen molar-refractivity contribution in [2.24, 2.45) is 0 Å². The number of aromatic nitrogens is 1. The molecule has 26 heavy (non-hydrogen) atoms. The van der Waals surface area contributed by atoms with Crippen molar-refractivity contribution >= 4 is 46.1 Å². The van der Waals surface area contributed by atoms with Crippen molar-refractivity contribution in [3.05, 3.63) is 42.5 Å². The number of rotatable bonds is 6. The Hall–Kier alpha value is -3.00. The number of benzene rings is 2. The molecular formula is C18H17N3O4S. The van der Waals surface area contributed by atoms with Gasteiger partial charge in [-0.2, -0.15) is 0 Å². The average Bonchev–Trinajstić information content (AvgIpc) is 3.04. The summed E-state index contributed by atoms with van der Waals surface area (Å²) in [5.41, 5.74) is 2.38. The van der Waals surface area contributed by atoms with E-state index in [1.165, 1.54) is 25.8 Å². The zero-order valence-electron chi connectivity index (χ0n) is 14.2. The number of carbonyl (C=O) groups excluding carboxylic acids is 2. The lowest BCUT2D eigenvalue weighted by Crippen LogP contribution is -2.16. The van der Waals surface area contributed by atoms with Crippen molar-refractivity contribution in [3.8, 4) is 5.75 Å². The summed E-state index contributed by atoms with van der Waals surface area (Å²) in [5, 5.41) is 5.87. The van der Waals surface area contributed by atoms with Gasteiger partial charge in [-0.25, -0.2) is 4.98 Å². The van der Waals surface area contributed by atoms with Gasteiger partial charge in [-0.15, -0.1) is 0 Å². The summed E-state index contributed by atoms with van der Waals surface area (Å²) in [6.45, 7) is 1.40. The van der Waals surface area contributed by atoms with E-state index in [9.17, 15) is 9.59 Å². The molecule has 0 saturated carbocycles. The highest BCUT2D eigenvalue weighted by Gasteiger charge is 2.12. The Morgan fingerprint density at radius 3 is 2.69 bits per heavy atom. The van der Waals surface area contributed by atoms with E-state index >= 15 is 0 Å². The standard InChI is InChI=1S/C18H17N3O4S/c1-11(22)19-13-8-7-12(24-2)9-15(13)20-17(23)10-26-18-21-14-5-3-4-6-16(14)25-18/h3-9H,10H2,1-2H3,(H,19,22)(H,20,23). The summed E-state index contributed by atoms with van der Waals surface area (Å²) in [6.07, 6.45) is 0. The van der Waals surface area contributed by atoms with Gasteiger partial charge >= 0.3 is 0 Å². The van der Waals surface area contributed by atoms with E-state index in [2.05, 4.69) is 15.6 Å². The maximum atomic E-state index is 12.3. The molecule has 0 fully saturated rings. The van der Waals surface area contributed by atoms with Crippen LogP contribution in [0.2, 0.25) is 0 Å². The van der Waals surface area contributed by atoms with Crippen LogP contribution in [0.25, 0.3) is 11.1 Å². The molecule has 134 valence electrons. The minimum Gasteiger partial charge on any atom is -0.497 e. The Bertz CT molecular complexity index is 922. The van der Waals surface area contributed by atoms with Gasteiger partial charge in [0.1, 0.15) is 11.3 Å². The van der Waals surface area contributed by atoms with Crippen molar-refractivity contribution in [1.29, 1.82) is 0 Å². The second kappa shape index (κ2) is 7.92. The van der Waals surface area contributed by atoms with Gasteiger partial charge in [-0.1, -0.05) is 23.9 Å². The van der Waals surface area contributed by atoms with E-state index in [4.69, 9.17) is 9.15 Å². The number of thioether (sulfide) groups is 1. The summed E-state index contributed by atoms with van der Waals surface area (Å²) in [4.78, 5) is 27.9. The van der Waals surface area contributed by atoms with Gasteiger partial charge in [0.15, 0.2) is 5.58 Å². The van der Waals surface area contributed by atoms with Crippen LogP contribution in [0, 0.1) is 0 Å². The minimum absolute atomic E-state index is 0.115. The van der Waals surface area contributed by atoms with Gasteiger partial charge in [0.2, 0.25) is 11.8 Å². The normalized spacial score (nSPS) is 10.5. The predicted octanol–water partition coefficient (Wildman–Crippen LogP) is 3.53. The molecule has 2 amide bonds. The number of amides is 2. The van der Waals surface area contributed by atoms with Crippen LogP contribution < -0.4 is 15.4 Å². The number of nitrogens with one attached hydrogen (secondary N) is 2. The number of nitrogens with zero attached hydrogens (tertiary/aromatic N) is 1. The monoisotopic (exact) mass is 371 g/mol. The Kier molecular flexibility index (Phi) is 5.43. The van der Waals surface area contributed by atoms with E-state index in [1.54, 1.807) is 18.2 Å². The molecule has 1 aromatic heterocycles. The molecule has 2 aromatic carbocycles. The second-order valence-electron chi connectivity index (χ2n) is 5.38. The molecule has 0 aliphatic heterocycles. The molecule has 0 unspecified atom stereocenters. The minimum atomic E-state index is -0.253. The van der Waals surface area contributed by atoms with Gasteiger partial charge in [0.05, 0.1) is 24.2 Å². The first kappa shape index (κ1) is 17.8. The topological polar surface area (TPSA) is 93.5 Å². The van der Waals surface area contributed by atoms with Gasteiger partial charge in [0, 0.05) is 13.0 Å². The van der Waals surface area contributed by atoms with E-state index in [1.807, 2.05) is 24.3 Å². The highest BCUT2D eigenvalue weighted by atomic mass is 32.2. The van der Waals surface area contributed by atoms with Crippen LogP contribution in [-0.4, -0.2) is 29.7 Å². The number of anilines is 2. The lowest BCUT2D eigenvalue weighted by molar-refractivity contribution is -0.115. The second-order valence-corrected chi connectivity index (χ2v) is 6.30. The van der Waals surface area contributed by atoms with E-state index in [0.717, 1.165) is 5.52 Å². The smallest absolute Gasteiger partial charge is 0.257 e. The lowest BCUT2D eigenvalue weighted by atomic mass is 10.2. The van der Waals surface area contributed by atoms with Crippen LogP contribution in [0.5, 0.6) is 5.75 Å². The molecule has 0 bridgehead atoms. The number of hydrogen-bond donors (Lipinski definition) is 2. The highest BCUT2D eigenvalue weighted by molar-refractivity contribution is 7.99. The fourth-order valence-electron chi connectivity index (χ4n) is 2.28. The summed E-state index contributed by atoms with van der Waals surface area (Å²) in [6, 6.07) is 12.4. The molecule has 0 saturated heterocycles. The molecule has 0 radical (unpaired) electrons. The Morgan fingerprint density at radius 2 is 1.96 bits per heavy atom. The molecule has 1 heterocycles. The molecule has 8 heteroatoms. The quantitative estimate of drug-likeness (QED) is 0.644. The molecule has 3 aromatic rings. The van der Waals surface area contributed by atoms with E-state index in [-0.39, 0.29) is 17.6 Å². The van der Waals surface area contributed by atoms with Crippen LogP contribution in [0.4, 0.5) is 11.4 Å². The SMILES string of the molecule is COc1ccc(NC(C)=O)c(NC(=O)CSc2nc3ccccc3o2)c1. The van der Waals surface area contributed by atoms with Crippen LogP contribution in [0.15, 0.2) is 52.1 Å². The first-order valence-corrected chi connectivity index (χ1v) is 8.77. The fraction of sp³-hybridized carbons (Fsp3) is 0.167. The number of para-hydroxylation sites is 2. The van der Waals surface area contributed by atoms with Crippen LogP contribution in [0.3, 0.4) is 0 Å². The van der Waals surface area contributed by atoms with E-state index < -0.39 is 0 Å². The first-order valence-electron chi connectivity index (χ1n) is 7.79.